The number of benzene rings is 2. The summed E-state index contributed by atoms with van der Waals surface area (Å²) in [6.45, 7) is 5.02. The molecule has 0 aromatic heterocycles. The van der Waals surface area contributed by atoms with Crippen molar-refractivity contribution in [3.8, 4) is 11.5 Å². The molecule has 3 rings (SSSR count). The summed E-state index contributed by atoms with van der Waals surface area (Å²) < 4.78 is 39.2. The first-order valence-corrected chi connectivity index (χ1v) is 10.0. The minimum atomic E-state index is -3.47. The van der Waals surface area contributed by atoms with Crippen molar-refractivity contribution in [1.82, 2.24) is 4.72 Å². The monoisotopic (exact) mass is 361 g/mol. The van der Waals surface area contributed by atoms with Crippen LogP contribution in [0.5, 0.6) is 11.5 Å². The average molecular weight is 361 g/mol. The van der Waals surface area contributed by atoms with Crippen LogP contribution in [-0.2, 0) is 15.8 Å². The molecular weight excluding hydrogens is 338 g/mol. The fourth-order valence-electron chi connectivity index (χ4n) is 2.87. The first-order valence-electron chi connectivity index (χ1n) is 8.38. The van der Waals surface area contributed by atoms with Crippen molar-refractivity contribution in [1.29, 1.82) is 0 Å². The van der Waals surface area contributed by atoms with Crippen LogP contribution in [0.4, 0.5) is 0 Å². The smallest absolute Gasteiger partial charge is 0.216 e. The standard InChI is InChI=1S/C19H23NO4S/c1-14(2)19(16-8-9-17-18(12-16)24-11-10-23-17)20-25(21,22)13-15-6-4-3-5-7-15/h3-9,12,14,19-20H,10-11,13H2,1-2H3. The van der Waals surface area contributed by atoms with Gasteiger partial charge in [0.15, 0.2) is 11.5 Å². The maximum Gasteiger partial charge on any atom is 0.216 e. The number of fused-ring (bicyclic) bond motifs is 1. The highest BCUT2D eigenvalue weighted by molar-refractivity contribution is 7.88. The van der Waals surface area contributed by atoms with Crippen LogP contribution in [0.3, 0.4) is 0 Å². The van der Waals surface area contributed by atoms with Gasteiger partial charge in [0, 0.05) is 6.04 Å². The average Bonchev–Trinajstić information content (AvgIpc) is 2.59. The zero-order chi connectivity index (χ0) is 17.9. The van der Waals surface area contributed by atoms with Crippen molar-refractivity contribution in [2.75, 3.05) is 13.2 Å². The molecule has 6 heteroatoms. The highest BCUT2D eigenvalue weighted by atomic mass is 32.2. The second-order valence-electron chi connectivity index (χ2n) is 6.49. The second kappa shape index (κ2) is 7.45. The topological polar surface area (TPSA) is 64.6 Å². The summed E-state index contributed by atoms with van der Waals surface area (Å²) in [5.74, 6) is 1.41. The number of sulfonamides is 1. The van der Waals surface area contributed by atoms with Crippen LogP contribution >= 0.6 is 0 Å². The third-order valence-corrected chi connectivity index (χ3v) is 5.42. The van der Waals surface area contributed by atoms with Gasteiger partial charge in [0.2, 0.25) is 10.0 Å². The molecule has 1 aliphatic heterocycles. The summed E-state index contributed by atoms with van der Waals surface area (Å²) in [6, 6.07) is 14.4. The van der Waals surface area contributed by atoms with Crippen molar-refractivity contribution < 1.29 is 17.9 Å². The van der Waals surface area contributed by atoms with Crippen molar-refractivity contribution in [3.63, 3.8) is 0 Å². The number of ether oxygens (including phenoxy) is 2. The lowest BCUT2D eigenvalue weighted by Gasteiger charge is -2.25. The first kappa shape index (κ1) is 17.8. The van der Waals surface area contributed by atoms with Crippen LogP contribution in [0, 0.1) is 5.92 Å². The van der Waals surface area contributed by atoms with E-state index < -0.39 is 10.0 Å². The Hall–Kier alpha value is -2.05. The molecule has 1 heterocycles. The summed E-state index contributed by atoms with van der Waals surface area (Å²) in [5, 5.41) is 0. The van der Waals surface area contributed by atoms with Gasteiger partial charge in [-0.25, -0.2) is 13.1 Å². The minimum absolute atomic E-state index is 0.0401. The van der Waals surface area contributed by atoms with E-state index in [2.05, 4.69) is 4.72 Å². The summed E-state index contributed by atoms with van der Waals surface area (Å²) in [4.78, 5) is 0. The molecule has 2 aromatic rings. The van der Waals surface area contributed by atoms with E-state index in [4.69, 9.17) is 9.47 Å². The van der Waals surface area contributed by atoms with E-state index in [1.807, 2.05) is 62.4 Å². The van der Waals surface area contributed by atoms with E-state index in [1.54, 1.807) is 0 Å². The molecule has 0 amide bonds. The van der Waals surface area contributed by atoms with Crippen LogP contribution in [0.2, 0.25) is 0 Å². The zero-order valence-corrected chi connectivity index (χ0v) is 15.3. The van der Waals surface area contributed by atoms with Gasteiger partial charge in [-0.3, -0.25) is 0 Å². The second-order valence-corrected chi connectivity index (χ2v) is 8.24. The predicted molar refractivity (Wildman–Crippen MR) is 97.2 cm³/mol. The summed E-state index contributed by atoms with van der Waals surface area (Å²) >= 11 is 0. The van der Waals surface area contributed by atoms with Crippen molar-refractivity contribution in [2.45, 2.75) is 25.6 Å². The molecule has 0 aliphatic carbocycles. The van der Waals surface area contributed by atoms with Crippen molar-refractivity contribution >= 4 is 10.0 Å². The Labute approximate surface area is 149 Å². The lowest BCUT2D eigenvalue weighted by atomic mass is 9.97. The number of hydrogen-bond acceptors (Lipinski definition) is 4. The van der Waals surface area contributed by atoms with Gasteiger partial charge >= 0.3 is 0 Å². The molecule has 0 saturated carbocycles. The maximum atomic E-state index is 12.6. The predicted octanol–water partition coefficient (Wildman–Crippen LogP) is 3.27. The quantitative estimate of drug-likeness (QED) is 0.858. The SMILES string of the molecule is CC(C)C(NS(=O)(=O)Cc1ccccc1)c1ccc2c(c1)OCCO2. The molecule has 25 heavy (non-hydrogen) atoms. The Balaban J connectivity index is 1.81. The lowest BCUT2D eigenvalue weighted by molar-refractivity contribution is 0.171. The van der Waals surface area contributed by atoms with Crippen LogP contribution in [0.15, 0.2) is 48.5 Å². The Kier molecular flexibility index (Phi) is 5.30. The van der Waals surface area contributed by atoms with Gasteiger partial charge in [0.25, 0.3) is 0 Å². The summed E-state index contributed by atoms with van der Waals surface area (Å²) in [6.07, 6.45) is 0. The molecule has 1 unspecified atom stereocenters. The van der Waals surface area contributed by atoms with E-state index in [-0.39, 0.29) is 17.7 Å². The molecule has 0 radical (unpaired) electrons. The number of nitrogens with one attached hydrogen (secondary N) is 1. The fourth-order valence-corrected chi connectivity index (χ4v) is 4.38. The summed E-state index contributed by atoms with van der Waals surface area (Å²) in [7, 11) is -3.47. The lowest BCUT2D eigenvalue weighted by Crippen LogP contribution is -2.32. The molecule has 134 valence electrons. The molecule has 5 nitrogen and oxygen atoms in total. The van der Waals surface area contributed by atoms with Gasteiger partial charge in [0.1, 0.15) is 13.2 Å². The number of rotatable bonds is 6. The first-order chi connectivity index (χ1) is 11.9. The fraction of sp³-hybridized carbons (Fsp3) is 0.368. The summed E-state index contributed by atoms with van der Waals surface area (Å²) in [5.41, 5.74) is 1.63. The van der Waals surface area contributed by atoms with Gasteiger partial charge in [-0.05, 0) is 29.2 Å². The van der Waals surface area contributed by atoms with Gasteiger partial charge in [-0.15, -0.1) is 0 Å². The van der Waals surface area contributed by atoms with Gasteiger partial charge in [-0.1, -0.05) is 50.2 Å². The Morgan fingerprint density at radius 1 is 1.00 bits per heavy atom. The molecule has 1 atom stereocenters. The van der Waals surface area contributed by atoms with Crippen molar-refractivity contribution in [3.05, 3.63) is 59.7 Å². The van der Waals surface area contributed by atoms with Crippen LogP contribution in [0.25, 0.3) is 0 Å². The highest BCUT2D eigenvalue weighted by Gasteiger charge is 2.24. The number of hydrogen-bond donors (Lipinski definition) is 1. The molecule has 0 spiro atoms. The zero-order valence-electron chi connectivity index (χ0n) is 14.4. The van der Waals surface area contributed by atoms with E-state index in [0.29, 0.717) is 24.7 Å². The molecule has 0 bridgehead atoms. The Morgan fingerprint density at radius 2 is 1.68 bits per heavy atom. The van der Waals surface area contributed by atoms with E-state index in [1.165, 1.54) is 0 Å². The molecule has 1 aliphatic rings. The van der Waals surface area contributed by atoms with Crippen molar-refractivity contribution in [2.24, 2.45) is 5.92 Å². The third kappa shape index (κ3) is 4.52. The normalized spacial score (nSPS) is 15.2. The van der Waals surface area contributed by atoms with Crippen LogP contribution in [0.1, 0.15) is 31.0 Å². The van der Waals surface area contributed by atoms with Gasteiger partial charge in [-0.2, -0.15) is 0 Å². The van der Waals surface area contributed by atoms with E-state index in [0.717, 1.165) is 11.1 Å². The Bertz CT molecular complexity index is 819. The van der Waals surface area contributed by atoms with E-state index >= 15 is 0 Å². The molecule has 0 fully saturated rings. The van der Waals surface area contributed by atoms with Crippen LogP contribution < -0.4 is 14.2 Å². The van der Waals surface area contributed by atoms with E-state index in [9.17, 15) is 8.42 Å². The molecular formula is C19H23NO4S. The third-order valence-electron chi connectivity index (χ3n) is 4.10. The minimum Gasteiger partial charge on any atom is -0.486 e. The van der Waals surface area contributed by atoms with Crippen LogP contribution in [-0.4, -0.2) is 21.6 Å². The van der Waals surface area contributed by atoms with Gasteiger partial charge < -0.3 is 9.47 Å². The Morgan fingerprint density at radius 3 is 2.36 bits per heavy atom. The molecule has 1 N–H and O–H groups in total. The maximum absolute atomic E-state index is 12.6. The largest absolute Gasteiger partial charge is 0.486 e. The molecule has 0 saturated heterocycles. The molecule has 2 aromatic carbocycles. The highest BCUT2D eigenvalue weighted by Crippen LogP contribution is 2.34. The van der Waals surface area contributed by atoms with Gasteiger partial charge in [0.05, 0.1) is 5.75 Å².